The van der Waals surface area contributed by atoms with E-state index in [4.69, 9.17) is 28.7 Å². The number of carbonyl (C=O) groups excluding carboxylic acids is 4. The second-order valence-corrected chi connectivity index (χ2v) is 9.56. The van der Waals surface area contributed by atoms with E-state index in [-0.39, 0.29) is 44.6 Å². The number of nitrogens with two attached hydrogens (primary N) is 5. The van der Waals surface area contributed by atoms with E-state index in [2.05, 4.69) is 20.9 Å². The molecule has 228 valence electrons. The monoisotopic (exact) mass is 577 g/mol. The number of rotatable bonds is 20. The molecule has 14 N–H and O–H groups in total. The van der Waals surface area contributed by atoms with E-state index in [0.717, 1.165) is 0 Å². The van der Waals surface area contributed by atoms with E-state index < -0.39 is 53.8 Å². The minimum atomic E-state index is -1.25. The molecule has 0 aliphatic carbocycles. The van der Waals surface area contributed by atoms with Crippen molar-refractivity contribution in [2.24, 2.45) is 33.7 Å². The molecule has 0 aromatic heterocycles. The molecule has 0 bridgehead atoms. The lowest BCUT2D eigenvalue weighted by molar-refractivity contribution is -0.142. The Kier molecular flexibility index (Phi) is 16.1. The molecule has 0 heterocycles. The molecule has 15 nitrogen and oxygen atoms in total. The highest BCUT2D eigenvalue weighted by molar-refractivity contribution is 5.94. The molecule has 1 aromatic carbocycles. The van der Waals surface area contributed by atoms with Gasteiger partial charge in [0.15, 0.2) is 5.96 Å². The number of nitrogens with zero attached hydrogens (tertiary/aromatic N) is 1. The van der Waals surface area contributed by atoms with Gasteiger partial charge in [-0.3, -0.25) is 24.2 Å². The molecule has 0 saturated carbocycles. The van der Waals surface area contributed by atoms with E-state index >= 15 is 0 Å². The maximum absolute atomic E-state index is 13.2. The van der Waals surface area contributed by atoms with Crippen molar-refractivity contribution in [3.63, 3.8) is 0 Å². The van der Waals surface area contributed by atoms with Crippen molar-refractivity contribution in [2.75, 3.05) is 13.1 Å². The van der Waals surface area contributed by atoms with Crippen molar-refractivity contribution < 1.29 is 29.1 Å². The van der Waals surface area contributed by atoms with Crippen molar-refractivity contribution in [3.8, 4) is 0 Å². The molecule has 1 rings (SSSR count). The number of aliphatic imine (C=N–C) groups is 1. The van der Waals surface area contributed by atoms with E-state index in [1.807, 2.05) is 0 Å². The number of carbonyl (C=O) groups is 5. The van der Waals surface area contributed by atoms with Crippen LogP contribution in [0.1, 0.15) is 50.5 Å². The van der Waals surface area contributed by atoms with Crippen LogP contribution in [0.15, 0.2) is 35.3 Å². The van der Waals surface area contributed by atoms with Crippen molar-refractivity contribution in [2.45, 2.75) is 75.5 Å². The summed E-state index contributed by atoms with van der Waals surface area (Å²) in [7, 11) is 0. The predicted octanol–water partition coefficient (Wildman–Crippen LogP) is -2.46. The molecule has 4 unspecified atom stereocenters. The third kappa shape index (κ3) is 14.6. The van der Waals surface area contributed by atoms with E-state index in [1.165, 1.54) is 0 Å². The lowest BCUT2D eigenvalue weighted by atomic mass is 10.0. The zero-order chi connectivity index (χ0) is 30.8. The van der Waals surface area contributed by atoms with Gasteiger partial charge in [-0.25, -0.2) is 4.79 Å². The molecule has 0 spiro atoms. The van der Waals surface area contributed by atoms with Gasteiger partial charge >= 0.3 is 5.97 Å². The van der Waals surface area contributed by atoms with Crippen LogP contribution in [0.3, 0.4) is 0 Å². The molecule has 0 fully saturated rings. The molecule has 0 aliphatic heterocycles. The third-order valence-corrected chi connectivity index (χ3v) is 6.09. The summed E-state index contributed by atoms with van der Waals surface area (Å²) in [5.74, 6) is -4.15. The van der Waals surface area contributed by atoms with Gasteiger partial charge in [0.05, 0.1) is 6.04 Å². The fourth-order valence-corrected chi connectivity index (χ4v) is 3.84. The maximum atomic E-state index is 13.2. The molecule has 0 aliphatic rings. The Morgan fingerprint density at radius 2 is 1.37 bits per heavy atom. The Hall–Kier alpha value is -4.24. The van der Waals surface area contributed by atoms with E-state index in [9.17, 15) is 29.1 Å². The Morgan fingerprint density at radius 3 is 1.93 bits per heavy atom. The fourth-order valence-electron chi connectivity index (χ4n) is 3.84. The van der Waals surface area contributed by atoms with Crippen molar-refractivity contribution in [1.29, 1.82) is 0 Å². The summed E-state index contributed by atoms with van der Waals surface area (Å²) in [4.78, 5) is 66.2. The van der Waals surface area contributed by atoms with Crippen LogP contribution in [-0.4, -0.2) is 77.9 Å². The largest absolute Gasteiger partial charge is 0.480 e. The predicted molar refractivity (Wildman–Crippen MR) is 153 cm³/mol. The second-order valence-electron chi connectivity index (χ2n) is 9.56. The van der Waals surface area contributed by atoms with Gasteiger partial charge in [-0.05, 0) is 50.6 Å². The number of carboxylic acid groups (broad SMARTS) is 1. The minimum absolute atomic E-state index is 0.0315. The number of carboxylic acids is 1. The number of hydrogen-bond donors (Lipinski definition) is 9. The van der Waals surface area contributed by atoms with Crippen LogP contribution in [0.2, 0.25) is 0 Å². The minimum Gasteiger partial charge on any atom is -0.480 e. The lowest BCUT2D eigenvalue weighted by Crippen LogP contribution is -2.57. The molecule has 0 radical (unpaired) electrons. The van der Waals surface area contributed by atoms with Crippen LogP contribution in [0.5, 0.6) is 0 Å². The number of amides is 4. The first kappa shape index (κ1) is 34.8. The summed E-state index contributed by atoms with van der Waals surface area (Å²) in [6, 6.07) is 4.15. The molecular formula is C26H43N9O6. The van der Waals surface area contributed by atoms with Gasteiger partial charge in [0.1, 0.15) is 18.1 Å². The van der Waals surface area contributed by atoms with Crippen LogP contribution >= 0.6 is 0 Å². The Morgan fingerprint density at radius 1 is 0.780 bits per heavy atom. The highest BCUT2D eigenvalue weighted by Crippen LogP contribution is 2.08. The number of primary amides is 1. The van der Waals surface area contributed by atoms with Gasteiger partial charge in [-0.2, -0.15) is 0 Å². The van der Waals surface area contributed by atoms with Crippen molar-refractivity contribution >= 4 is 35.6 Å². The molecular weight excluding hydrogens is 534 g/mol. The zero-order valence-electron chi connectivity index (χ0n) is 23.1. The van der Waals surface area contributed by atoms with E-state index in [1.54, 1.807) is 30.3 Å². The molecule has 4 amide bonds. The normalized spacial score (nSPS) is 13.6. The van der Waals surface area contributed by atoms with Crippen LogP contribution < -0.4 is 44.6 Å². The van der Waals surface area contributed by atoms with Gasteiger partial charge < -0.3 is 49.7 Å². The first-order chi connectivity index (χ1) is 19.4. The Balaban J connectivity index is 2.99. The van der Waals surface area contributed by atoms with Crippen LogP contribution in [-0.2, 0) is 30.4 Å². The molecule has 1 aromatic rings. The SMILES string of the molecule is NCCCCC(NC(=O)C(CCC(N)=O)NC(=O)C(N)CCCN=C(N)N)C(=O)NC(Cc1ccccc1)C(=O)O. The summed E-state index contributed by atoms with van der Waals surface area (Å²) in [5, 5.41) is 17.3. The van der Waals surface area contributed by atoms with E-state index in [0.29, 0.717) is 31.4 Å². The first-order valence-corrected chi connectivity index (χ1v) is 13.4. The number of benzene rings is 1. The van der Waals surface area contributed by atoms with Gasteiger partial charge in [0.25, 0.3) is 0 Å². The average molecular weight is 578 g/mol. The molecule has 15 heteroatoms. The summed E-state index contributed by atoms with van der Waals surface area (Å²) < 4.78 is 0. The van der Waals surface area contributed by atoms with Crippen LogP contribution in [0, 0.1) is 0 Å². The van der Waals surface area contributed by atoms with Crippen molar-refractivity contribution in [3.05, 3.63) is 35.9 Å². The van der Waals surface area contributed by atoms with Gasteiger partial charge in [0.2, 0.25) is 23.6 Å². The summed E-state index contributed by atoms with van der Waals surface area (Å²) in [6.45, 7) is 0.614. The number of nitrogens with one attached hydrogen (secondary N) is 3. The number of hydrogen-bond acceptors (Lipinski definition) is 8. The fraction of sp³-hybridized carbons (Fsp3) is 0.538. The quantitative estimate of drug-likeness (QED) is 0.0447. The van der Waals surface area contributed by atoms with Gasteiger partial charge in [-0.15, -0.1) is 0 Å². The lowest BCUT2D eigenvalue weighted by Gasteiger charge is -2.25. The van der Waals surface area contributed by atoms with Gasteiger partial charge in [-0.1, -0.05) is 30.3 Å². The summed E-state index contributed by atoms with van der Waals surface area (Å²) >= 11 is 0. The highest BCUT2D eigenvalue weighted by Gasteiger charge is 2.30. The average Bonchev–Trinajstić information content (AvgIpc) is 2.92. The smallest absolute Gasteiger partial charge is 0.326 e. The highest BCUT2D eigenvalue weighted by atomic mass is 16.4. The Labute approximate surface area is 239 Å². The van der Waals surface area contributed by atoms with Crippen LogP contribution in [0.25, 0.3) is 0 Å². The number of aliphatic carboxylic acids is 1. The summed E-state index contributed by atoms with van der Waals surface area (Å²) in [5.41, 5.74) is 28.0. The topological polar surface area (TPSA) is 284 Å². The van der Waals surface area contributed by atoms with Crippen molar-refractivity contribution in [1.82, 2.24) is 16.0 Å². The molecule has 0 saturated heterocycles. The second kappa shape index (κ2) is 18.9. The van der Waals surface area contributed by atoms with Gasteiger partial charge in [0, 0.05) is 19.4 Å². The Bertz CT molecular complexity index is 1030. The third-order valence-electron chi connectivity index (χ3n) is 6.09. The summed E-state index contributed by atoms with van der Waals surface area (Å²) in [6.07, 6.45) is 1.47. The standard InChI is InChI=1S/C26H43N9O6/c27-13-5-4-10-18(23(38)35-20(25(40)41)15-16-7-2-1-3-8-16)34-24(39)19(11-12-21(29)36)33-22(37)17(28)9-6-14-32-26(30)31/h1-3,7-8,17-20H,4-6,9-15,27-28H2,(H2,29,36)(H,33,37)(H,34,39)(H,35,38)(H,40,41)(H4,30,31,32). The number of guanidine groups is 1. The van der Waals surface area contributed by atoms with Crippen LogP contribution in [0.4, 0.5) is 0 Å². The zero-order valence-corrected chi connectivity index (χ0v) is 23.1. The maximum Gasteiger partial charge on any atom is 0.326 e. The number of unbranched alkanes of at least 4 members (excludes halogenated alkanes) is 1. The molecule has 41 heavy (non-hydrogen) atoms. The first-order valence-electron chi connectivity index (χ1n) is 13.4. The molecule has 4 atom stereocenters.